The average Bonchev–Trinajstić information content (AvgIpc) is 2.53. The molecule has 0 spiro atoms. The number of carbonyl (C=O) groups excluding carboxylic acids is 1. The fourth-order valence-corrected chi connectivity index (χ4v) is 3.30. The van der Waals surface area contributed by atoms with Gasteiger partial charge in [0.1, 0.15) is 5.82 Å². The maximum absolute atomic E-state index is 13.6. The van der Waals surface area contributed by atoms with E-state index in [0.29, 0.717) is 16.5 Å². The number of hydrogen-bond donors (Lipinski definition) is 1. The maximum atomic E-state index is 13.6. The highest BCUT2D eigenvalue weighted by atomic mass is 32.2. The molecule has 5 nitrogen and oxygen atoms in total. The molecule has 7 heteroatoms. The highest BCUT2D eigenvalue weighted by Crippen LogP contribution is 2.26. The van der Waals surface area contributed by atoms with Crippen molar-refractivity contribution >= 4 is 23.4 Å². The molecule has 1 aromatic heterocycles. The van der Waals surface area contributed by atoms with Crippen LogP contribution in [0.5, 0.6) is 0 Å². The number of benzene rings is 1. The van der Waals surface area contributed by atoms with Crippen molar-refractivity contribution in [3.05, 3.63) is 52.2 Å². The number of aromatic nitrogens is 2. The lowest BCUT2D eigenvalue weighted by Gasteiger charge is -2.24. The Morgan fingerprint density at radius 2 is 2.23 bits per heavy atom. The summed E-state index contributed by atoms with van der Waals surface area (Å²) in [4.78, 5) is 28.6. The van der Waals surface area contributed by atoms with Gasteiger partial charge in [0, 0.05) is 24.1 Å². The molecule has 2 aromatic rings. The van der Waals surface area contributed by atoms with E-state index in [2.05, 4.69) is 10.3 Å². The zero-order chi connectivity index (χ0) is 15.7. The van der Waals surface area contributed by atoms with Crippen molar-refractivity contribution in [2.75, 3.05) is 11.1 Å². The highest BCUT2D eigenvalue weighted by molar-refractivity contribution is 7.99. The number of thioether (sulfide) groups is 1. The Kier molecular flexibility index (Phi) is 3.98. The number of para-hydroxylation sites is 1. The first-order valence-electron chi connectivity index (χ1n) is 6.81. The zero-order valence-electron chi connectivity index (χ0n) is 11.9. The summed E-state index contributed by atoms with van der Waals surface area (Å²) < 4.78 is 15.1. The van der Waals surface area contributed by atoms with E-state index < -0.39 is 11.7 Å². The maximum Gasteiger partial charge on any atom is 0.257 e. The summed E-state index contributed by atoms with van der Waals surface area (Å²) in [6.07, 6.45) is 1.54. The van der Waals surface area contributed by atoms with E-state index in [1.54, 1.807) is 25.3 Å². The molecule has 1 aromatic carbocycles. The van der Waals surface area contributed by atoms with Gasteiger partial charge in [-0.3, -0.25) is 14.2 Å². The Morgan fingerprint density at radius 3 is 3.00 bits per heavy atom. The molecule has 1 aliphatic heterocycles. The van der Waals surface area contributed by atoms with Crippen molar-refractivity contribution in [2.45, 2.75) is 18.6 Å². The molecule has 0 saturated carbocycles. The molecule has 1 amide bonds. The number of rotatable bonds is 2. The van der Waals surface area contributed by atoms with Crippen LogP contribution in [0, 0.1) is 18.7 Å². The van der Waals surface area contributed by atoms with Gasteiger partial charge in [-0.2, -0.15) is 0 Å². The summed E-state index contributed by atoms with van der Waals surface area (Å²) in [5.41, 5.74) is 0.554. The van der Waals surface area contributed by atoms with E-state index in [4.69, 9.17) is 0 Å². The fraction of sp³-hybridized carbons (Fsp3) is 0.267. The fourth-order valence-electron chi connectivity index (χ4n) is 2.26. The van der Waals surface area contributed by atoms with Gasteiger partial charge in [-0.05, 0) is 19.1 Å². The third-order valence-corrected chi connectivity index (χ3v) is 4.65. The predicted octanol–water partition coefficient (Wildman–Crippen LogP) is 2.05. The molecule has 0 saturated heterocycles. The molecular formula is C15H14FN3O2S. The lowest BCUT2D eigenvalue weighted by Crippen LogP contribution is -2.37. The lowest BCUT2D eigenvalue weighted by molar-refractivity contribution is -0.119. The number of hydrogen-bond acceptors (Lipinski definition) is 4. The van der Waals surface area contributed by atoms with Crippen molar-refractivity contribution in [1.29, 1.82) is 0 Å². The van der Waals surface area contributed by atoms with Gasteiger partial charge < -0.3 is 5.32 Å². The van der Waals surface area contributed by atoms with Gasteiger partial charge in [-0.15, -0.1) is 0 Å². The third kappa shape index (κ3) is 2.76. The van der Waals surface area contributed by atoms with Gasteiger partial charge in [-0.1, -0.05) is 23.9 Å². The summed E-state index contributed by atoms with van der Waals surface area (Å²) in [6.45, 7) is 1.95. The Hall–Kier alpha value is -2.15. The first-order valence-corrected chi connectivity index (χ1v) is 7.79. The number of aryl methyl sites for hydroxylation is 1. The molecule has 22 heavy (non-hydrogen) atoms. The standard InChI is InChI=1S/C15H14FN3O2S/c1-9-6-17-15-19(14(9)21)7-10(8-22-15)13(20)18-12-5-3-2-4-11(12)16/h2-6,10H,7-8H2,1H3,(H,18,20). The van der Waals surface area contributed by atoms with Gasteiger partial charge in [-0.25, -0.2) is 9.37 Å². The van der Waals surface area contributed by atoms with Gasteiger partial charge in [0.2, 0.25) is 5.91 Å². The van der Waals surface area contributed by atoms with Crippen molar-refractivity contribution in [2.24, 2.45) is 5.92 Å². The Bertz CT molecular complexity index is 791. The first-order chi connectivity index (χ1) is 10.6. The number of nitrogens with zero attached hydrogens (tertiary/aromatic N) is 2. The van der Waals surface area contributed by atoms with E-state index in [-0.39, 0.29) is 23.7 Å². The quantitative estimate of drug-likeness (QED) is 0.861. The number of carbonyl (C=O) groups is 1. The van der Waals surface area contributed by atoms with Crippen LogP contribution < -0.4 is 10.9 Å². The Morgan fingerprint density at radius 1 is 1.45 bits per heavy atom. The van der Waals surface area contributed by atoms with E-state index in [9.17, 15) is 14.0 Å². The molecule has 1 aliphatic rings. The minimum Gasteiger partial charge on any atom is -0.323 e. The van der Waals surface area contributed by atoms with Crippen LogP contribution in [0.2, 0.25) is 0 Å². The molecule has 114 valence electrons. The molecule has 1 unspecified atom stereocenters. The molecule has 1 N–H and O–H groups in total. The van der Waals surface area contributed by atoms with Crippen molar-refractivity contribution in [3.63, 3.8) is 0 Å². The van der Waals surface area contributed by atoms with Gasteiger partial charge in [0.25, 0.3) is 5.56 Å². The van der Waals surface area contributed by atoms with Crippen LogP contribution in [0.3, 0.4) is 0 Å². The van der Waals surface area contributed by atoms with Crippen LogP contribution in [-0.2, 0) is 11.3 Å². The Labute approximate surface area is 130 Å². The molecular weight excluding hydrogens is 305 g/mol. The minimum absolute atomic E-state index is 0.138. The molecule has 0 bridgehead atoms. The number of nitrogens with one attached hydrogen (secondary N) is 1. The lowest BCUT2D eigenvalue weighted by atomic mass is 10.1. The Balaban J connectivity index is 1.80. The van der Waals surface area contributed by atoms with E-state index >= 15 is 0 Å². The third-order valence-electron chi connectivity index (χ3n) is 3.50. The SMILES string of the molecule is Cc1cnc2n(c1=O)CC(C(=O)Nc1ccccc1F)CS2. The molecule has 0 radical (unpaired) electrons. The molecule has 0 fully saturated rings. The monoisotopic (exact) mass is 319 g/mol. The topological polar surface area (TPSA) is 64.0 Å². The first kappa shape index (κ1) is 14.8. The number of anilines is 1. The summed E-state index contributed by atoms with van der Waals surface area (Å²) in [5.74, 6) is -0.667. The number of fused-ring (bicyclic) bond motifs is 1. The van der Waals surface area contributed by atoms with E-state index in [1.807, 2.05) is 0 Å². The van der Waals surface area contributed by atoms with Crippen LogP contribution in [0.25, 0.3) is 0 Å². The second-order valence-corrected chi connectivity index (χ2v) is 6.10. The molecule has 3 rings (SSSR count). The van der Waals surface area contributed by atoms with Crippen LogP contribution in [0.1, 0.15) is 5.56 Å². The summed E-state index contributed by atoms with van der Waals surface area (Å²) >= 11 is 1.36. The van der Waals surface area contributed by atoms with Crippen LogP contribution in [0.4, 0.5) is 10.1 Å². The smallest absolute Gasteiger partial charge is 0.257 e. The van der Waals surface area contributed by atoms with E-state index in [1.165, 1.54) is 28.5 Å². The summed E-state index contributed by atoms with van der Waals surface area (Å²) in [7, 11) is 0. The average molecular weight is 319 g/mol. The minimum atomic E-state index is -0.477. The summed E-state index contributed by atoms with van der Waals surface area (Å²) in [5, 5.41) is 3.20. The van der Waals surface area contributed by atoms with Crippen molar-refractivity contribution in [1.82, 2.24) is 9.55 Å². The van der Waals surface area contributed by atoms with Crippen molar-refractivity contribution in [3.8, 4) is 0 Å². The number of amides is 1. The highest BCUT2D eigenvalue weighted by Gasteiger charge is 2.27. The van der Waals surface area contributed by atoms with Gasteiger partial charge >= 0.3 is 0 Å². The molecule has 2 heterocycles. The summed E-state index contributed by atoms with van der Waals surface area (Å²) in [6, 6.07) is 6.01. The zero-order valence-corrected chi connectivity index (χ0v) is 12.7. The largest absolute Gasteiger partial charge is 0.323 e. The second kappa shape index (κ2) is 5.92. The van der Waals surface area contributed by atoms with Crippen LogP contribution >= 0.6 is 11.8 Å². The molecule has 0 aliphatic carbocycles. The van der Waals surface area contributed by atoms with E-state index in [0.717, 1.165) is 0 Å². The van der Waals surface area contributed by atoms with Gasteiger partial charge in [0.05, 0.1) is 11.6 Å². The van der Waals surface area contributed by atoms with Crippen molar-refractivity contribution < 1.29 is 9.18 Å². The van der Waals surface area contributed by atoms with Crippen LogP contribution in [0.15, 0.2) is 40.4 Å². The number of halogens is 1. The van der Waals surface area contributed by atoms with Crippen LogP contribution in [-0.4, -0.2) is 21.2 Å². The molecule has 1 atom stereocenters. The predicted molar refractivity (Wildman–Crippen MR) is 82.5 cm³/mol. The normalized spacial score (nSPS) is 16.9. The van der Waals surface area contributed by atoms with Gasteiger partial charge in [0.15, 0.2) is 5.16 Å². The second-order valence-electron chi connectivity index (χ2n) is 5.12.